The highest BCUT2D eigenvalue weighted by Gasteiger charge is 2.26. The molecule has 1 saturated carbocycles. The Morgan fingerprint density at radius 2 is 2.20 bits per heavy atom. The molecule has 0 amide bonds. The maximum atomic E-state index is 11.1. The maximum absolute atomic E-state index is 11.1. The number of nitrogens with one attached hydrogen (secondary N) is 1. The summed E-state index contributed by atoms with van der Waals surface area (Å²) in [6, 6.07) is 0.359. The molecule has 0 aliphatic heterocycles. The number of aliphatic carboxylic acids is 1. The van der Waals surface area contributed by atoms with Gasteiger partial charge in [0.1, 0.15) is 5.78 Å². The van der Waals surface area contributed by atoms with Crippen molar-refractivity contribution in [3.63, 3.8) is 0 Å². The molecule has 4 nitrogen and oxygen atoms in total. The molecule has 2 atom stereocenters. The van der Waals surface area contributed by atoms with Gasteiger partial charge in [-0.3, -0.25) is 4.79 Å². The average Bonchev–Trinajstić information content (AvgIpc) is 2.60. The van der Waals surface area contributed by atoms with Gasteiger partial charge in [-0.2, -0.15) is 0 Å². The zero-order chi connectivity index (χ0) is 11.3. The van der Waals surface area contributed by atoms with Crippen LogP contribution < -0.4 is 5.32 Å². The molecule has 0 aromatic heterocycles. The van der Waals surface area contributed by atoms with Crippen molar-refractivity contribution in [2.75, 3.05) is 6.54 Å². The van der Waals surface area contributed by atoms with Crippen molar-refractivity contribution in [3.8, 4) is 0 Å². The van der Waals surface area contributed by atoms with Crippen molar-refractivity contribution in [2.45, 2.75) is 32.2 Å². The van der Waals surface area contributed by atoms with Gasteiger partial charge < -0.3 is 10.4 Å². The molecule has 0 aromatic carbocycles. The van der Waals surface area contributed by atoms with Crippen molar-refractivity contribution < 1.29 is 14.7 Å². The minimum absolute atomic E-state index is 0.200. The molecule has 2 N–H and O–H groups in total. The van der Waals surface area contributed by atoms with Crippen molar-refractivity contribution in [3.05, 3.63) is 12.2 Å². The van der Waals surface area contributed by atoms with Crippen LogP contribution in [0.2, 0.25) is 0 Å². The minimum Gasteiger partial charge on any atom is -0.478 e. The van der Waals surface area contributed by atoms with E-state index in [1.165, 1.54) is 0 Å². The van der Waals surface area contributed by atoms with E-state index in [4.69, 9.17) is 5.11 Å². The quantitative estimate of drug-likeness (QED) is 0.665. The maximum Gasteiger partial charge on any atom is 0.328 e. The summed E-state index contributed by atoms with van der Waals surface area (Å²) in [5.41, 5.74) is 0. The molecular weight excluding hydrogens is 194 g/mol. The van der Waals surface area contributed by atoms with Crippen LogP contribution in [0.25, 0.3) is 0 Å². The summed E-state index contributed by atoms with van der Waals surface area (Å²) < 4.78 is 0. The van der Waals surface area contributed by atoms with Crippen LogP contribution in [0.1, 0.15) is 26.2 Å². The Morgan fingerprint density at radius 1 is 1.47 bits per heavy atom. The summed E-state index contributed by atoms with van der Waals surface area (Å²) in [6.45, 7) is 2.19. The first-order valence-corrected chi connectivity index (χ1v) is 5.23. The summed E-state index contributed by atoms with van der Waals surface area (Å²) in [5.74, 6) is -0.462. The van der Waals surface area contributed by atoms with Crippen LogP contribution in [0.15, 0.2) is 12.2 Å². The summed E-state index contributed by atoms with van der Waals surface area (Å²) in [7, 11) is 0. The lowest BCUT2D eigenvalue weighted by atomic mass is 10.0. The van der Waals surface area contributed by atoms with E-state index in [2.05, 4.69) is 5.32 Å². The number of ketones is 1. The van der Waals surface area contributed by atoms with Crippen LogP contribution in [-0.4, -0.2) is 29.4 Å². The number of carboxylic acids is 1. The Bertz CT molecular complexity index is 273. The van der Waals surface area contributed by atoms with Crippen LogP contribution in [0.5, 0.6) is 0 Å². The van der Waals surface area contributed by atoms with Crippen molar-refractivity contribution >= 4 is 11.8 Å². The highest BCUT2D eigenvalue weighted by atomic mass is 16.4. The topological polar surface area (TPSA) is 66.4 Å². The third-order valence-electron chi connectivity index (χ3n) is 2.79. The Hall–Kier alpha value is -1.16. The molecule has 0 saturated heterocycles. The zero-order valence-corrected chi connectivity index (χ0v) is 8.90. The molecule has 1 aliphatic carbocycles. The lowest BCUT2D eigenvalue weighted by Crippen LogP contribution is -2.27. The van der Waals surface area contributed by atoms with Gasteiger partial charge in [-0.05, 0) is 26.2 Å². The molecule has 1 fully saturated rings. The number of rotatable bonds is 5. The Kier molecular flexibility index (Phi) is 4.49. The Balaban J connectivity index is 2.19. The number of hydrogen-bond donors (Lipinski definition) is 2. The van der Waals surface area contributed by atoms with Gasteiger partial charge in [-0.25, -0.2) is 4.79 Å². The number of Topliss-reactive ketones (excluding diaryl/α,β-unsaturated/α-hetero) is 1. The third-order valence-corrected chi connectivity index (χ3v) is 2.79. The van der Waals surface area contributed by atoms with Gasteiger partial charge in [0.05, 0.1) is 0 Å². The minimum atomic E-state index is -0.926. The Labute approximate surface area is 89.4 Å². The fourth-order valence-corrected chi connectivity index (χ4v) is 1.93. The average molecular weight is 211 g/mol. The van der Waals surface area contributed by atoms with Gasteiger partial charge in [0, 0.05) is 24.6 Å². The van der Waals surface area contributed by atoms with Crippen molar-refractivity contribution in [1.29, 1.82) is 0 Å². The molecule has 0 bridgehead atoms. The molecule has 0 heterocycles. The molecule has 4 heteroatoms. The van der Waals surface area contributed by atoms with Crippen LogP contribution in [0.4, 0.5) is 0 Å². The second-order valence-corrected chi connectivity index (χ2v) is 3.97. The van der Waals surface area contributed by atoms with E-state index in [1.807, 2.05) is 0 Å². The summed E-state index contributed by atoms with van der Waals surface area (Å²) in [4.78, 5) is 21.3. The fraction of sp³-hybridized carbons (Fsp3) is 0.636. The fourth-order valence-electron chi connectivity index (χ4n) is 1.93. The number of carbonyl (C=O) groups excluding carboxylic acids is 1. The highest BCUT2D eigenvalue weighted by Crippen LogP contribution is 2.25. The van der Waals surface area contributed by atoms with E-state index in [0.29, 0.717) is 12.6 Å². The predicted octanol–water partition coefficient (Wildman–Crippen LogP) is 0.974. The largest absolute Gasteiger partial charge is 0.478 e. The van der Waals surface area contributed by atoms with E-state index in [1.54, 1.807) is 13.0 Å². The first-order chi connectivity index (χ1) is 7.09. The number of hydrogen-bond acceptors (Lipinski definition) is 3. The summed E-state index contributed by atoms with van der Waals surface area (Å²) >= 11 is 0. The molecule has 84 valence electrons. The number of carboxylic acid groups (broad SMARTS) is 1. The lowest BCUT2D eigenvalue weighted by molar-refractivity contribution is -0.131. The smallest absolute Gasteiger partial charge is 0.328 e. The van der Waals surface area contributed by atoms with E-state index in [-0.39, 0.29) is 11.7 Å². The van der Waals surface area contributed by atoms with Gasteiger partial charge in [0.15, 0.2) is 0 Å². The molecule has 0 radical (unpaired) electrons. The van der Waals surface area contributed by atoms with Crippen LogP contribution in [0.3, 0.4) is 0 Å². The molecule has 1 rings (SSSR count). The van der Waals surface area contributed by atoms with Crippen molar-refractivity contribution in [2.24, 2.45) is 5.92 Å². The number of carbonyl (C=O) groups is 2. The molecule has 0 spiro atoms. The van der Waals surface area contributed by atoms with Crippen LogP contribution in [-0.2, 0) is 9.59 Å². The van der Waals surface area contributed by atoms with Gasteiger partial charge in [0.25, 0.3) is 0 Å². The van der Waals surface area contributed by atoms with Gasteiger partial charge >= 0.3 is 5.97 Å². The SMILES string of the molecule is CC(=O)C1CCC(NC/C=C/C(=O)O)C1. The molecule has 0 aromatic rings. The molecule has 2 unspecified atom stereocenters. The van der Waals surface area contributed by atoms with Crippen LogP contribution >= 0.6 is 0 Å². The molecular formula is C11H17NO3. The molecule has 1 aliphatic rings. The standard InChI is InChI=1S/C11H17NO3/c1-8(13)9-4-5-10(7-9)12-6-2-3-11(14)15/h2-3,9-10,12H,4-7H2,1H3,(H,14,15)/b3-2+. The summed E-state index contributed by atoms with van der Waals surface area (Å²) in [6.07, 6.45) is 5.56. The van der Waals surface area contributed by atoms with Gasteiger partial charge in [-0.15, -0.1) is 0 Å². The normalized spacial score (nSPS) is 25.9. The second-order valence-electron chi connectivity index (χ2n) is 3.97. The van der Waals surface area contributed by atoms with E-state index in [9.17, 15) is 9.59 Å². The van der Waals surface area contributed by atoms with Crippen molar-refractivity contribution in [1.82, 2.24) is 5.32 Å². The van der Waals surface area contributed by atoms with Crippen LogP contribution in [0, 0.1) is 5.92 Å². The monoisotopic (exact) mass is 211 g/mol. The third kappa shape index (κ3) is 4.25. The van der Waals surface area contributed by atoms with Gasteiger partial charge in [0.2, 0.25) is 0 Å². The van der Waals surface area contributed by atoms with Gasteiger partial charge in [-0.1, -0.05) is 6.08 Å². The van der Waals surface area contributed by atoms with E-state index < -0.39 is 5.97 Å². The Morgan fingerprint density at radius 3 is 2.73 bits per heavy atom. The molecule has 15 heavy (non-hydrogen) atoms. The van der Waals surface area contributed by atoms with E-state index in [0.717, 1.165) is 25.3 Å². The predicted molar refractivity (Wildman–Crippen MR) is 56.6 cm³/mol. The zero-order valence-electron chi connectivity index (χ0n) is 8.90. The second kappa shape index (κ2) is 5.66. The first kappa shape index (κ1) is 11.9. The first-order valence-electron chi connectivity index (χ1n) is 5.23. The highest BCUT2D eigenvalue weighted by molar-refractivity contribution is 5.79. The lowest BCUT2D eigenvalue weighted by Gasteiger charge is -2.09. The van der Waals surface area contributed by atoms with E-state index >= 15 is 0 Å². The summed E-state index contributed by atoms with van der Waals surface area (Å²) in [5, 5.41) is 11.6.